The van der Waals surface area contributed by atoms with Gasteiger partial charge < -0.3 is 24.1 Å². The molecule has 0 atom stereocenters. The second kappa shape index (κ2) is 11.9. The highest BCUT2D eigenvalue weighted by Gasteiger charge is 2.26. The smallest absolute Gasteiger partial charge is 0.416 e. The van der Waals surface area contributed by atoms with Crippen LogP contribution in [0.1, 0.15) is 26.5 Å². The number of carbonyl (C=O) groups is 2. The Morgan fingerprint density at radius 2 is 1.85 bits per heavy atom. The summed E-state index contributed by atoms with van der Waals surface area (Å²) >= 11 is 0. The van der Waals surface area contributed by atoms with E-state index in [0.29, 0.717) is 28.1 Å². The highest BCUT2D eigenvalue weighted by Crippen LogP contribution is 2.31. The van der Waals surface area contributed by atoms with E-state index >= 15 is 0 Å². The summed E-state index contributed by atoms with van der Waals surface area (Å²) < 4.78 is 32.6. The number of nitrogens with one attached hydrogen (secondary N) is 1. The number of aromatic nitrogens is 3. The number of halogens is 1. The molecule has 0 aliphatic heterocycles. The summed E-state index contributed by atoms with van der Waals surface area (Å²) in [6, 6.07) is 14.7. The van der Waals surface area contributed by atoms with Crippen molar-refractivity contribution in [2.24, 2.45) is 0 Å². The zero-order valence-electron chi connectivity index (χ0n) is 23.3. The predicted molar refractivity (Wildman–Crippen MR) is 149 cm³/mol. The Balaban J connectivity index is 1.69. The molecule has 0 spiro atoms. The number of rotatable bonds is 7. The van der Waals surface area contributed by atoms with E-state index in [9.17, 15) is 19.2 Å². The first kappa shape index (κ1) is 28.8. The molecule has 0 aliphatic rings. The van der Waals surface area contributed by atoms with Crippen molar-refractivity contribution in [3.05, 3.63) is 66.4 Å². The van der Waals surface area contributed by atoms with E-state index in [1.54, 1.807) is 57.2 Å². The maximum Gasteiger partial charge on any atom is 0.416 e. The largest absolute Gasteiger partial charge is 0.496 e. The molecule has 0 unspecified atom stereocenters. The lowest BCUT2D eigenvalue weighted by molar-refractivity contribution is 0.0578. The summed E-state index contributed by atoms with van der Waals surface area (Å²) in [5, 5.41) is 12.6. The first-order valence-corrected chi connectivity index (χ1v) is 12.6. The van der Waals surface area contributed by atoms with E-state index in [1.807, 2.05) is 0 Å². The summed E-state index contributed by atoms with van der Waals surface area (Å²) in [4.78, 5) is 34.8. The predicted octanol–water partition coefficient (Wildman–Crippen LogP) is 5.28. The number of benzene rings is 2. The van der Waals surface area contributed by atoms with Crippen LogP contribution in [0.4, 0.5) is 19.8 Å². The van der Waals surface area contributed by atoms with Crippen molar-refractivity contribution in [2.45, 2.75) is 32.9 Å². The maximum atomic E-state index is 15.0. The molecule has 41 heavy (non-hydrogen) atoms. The molecular weight excluding hydrogens is 531 g/mol. The molecule has 2 aromatic heterocycles. The molecule has 11 nitrogen and oxygen atoms in total. The SMILES string of the molecule is CNC(=O)Oc1ccc(-c2cc(N(CCn3c(C#N)cc4c(OC)ccc(F)c43)C(=O)OC(C)(C)C)ncn2)cc1. The quantitative estimate of drug-likeness (QED) is 0.323. The average Bonchev–Trinajstić information content (AvgIpc) is 3.32. The number of anilines is 1. The molecule has 1 N–H and O–H groups in total. The van der Waals surface area contributed by atoms with E-state index in [2.05, 4.69) is 21.4 Å². The number of amides is 2. The van der Waals surface area contributed by atoms with Gasteiger partial charge >= 0.3 is 12.2 Å². The summed E-state index contributed by atoms with van der Waals surface area (Å²) in [6.07, 6.45) is 0.0423. The van der Waals surface area contributed by atoms with Gasteiger partial charge in [0.05, 0.1) is 18.3 Å². The van der Waals surface area contributed by atoms with Crippen molar-refractivity contribution in [2.75, 3.05) is 25.6 Å². The lowest BCUT2D eigenvalue weighted by atomic mass is 10.1. The van der Waals surface area contributed by atoms with Gasteiger partial charge in [0.15, 0.2) is 0 Å². The van der Waals surface area contributed by atoms with Gasteiger partial charge in [-0.3, -0.25) is 4.90 Å². The Morgan fingerprint density at radius 1 is 1.12 bits per heavy atom. The van der Waals surface area contributed by atoms with Crippen LogP contribution < -0.4 is 19.7 Å². The molecule has 2 amide bonds. The van der Waals surface area contributed by atoms with E-state index in [4.69, 9.17) is 14.2 Å². The Labute approximate surface area is 236 Å². The van der Waals surface area contributed by atoms with Gasteiger partial charge in [0.2, 0.25) is 0 Å². The van der Waals surface area contributed by atoms with Crippen LogP contribution in [0.2, 0.25) is 0 Å². The minimum absolute atomic E-state index is 0.000612. The fourth-order valence-electron chi connectivity index (χ4n) is 4.14. The Morgan fingerprint density at radius 3 is 2.49 bits per heavy atom. The van der Waals surface area contributed by atoms with Crippen molar-refractivity contribution >= 4 is 28.9 Å². The number of hydrogen-bond donors (Lipinski definition) is 1. The third-order valence-corrected chi connectivity index (χ3v) is 5.96. The van der Waals surface area contributed by atoms with Gasteiger partial charge in [-0.25, -0.2) is 23.9 Å². The van der Waals surface area contributed by atoms with Crippen LogP contribution in [-0.4, -0.2) is 53.0 Å². The van der Waals surface area contributed by atoms with E-state index in [1.165, 1.54) is 42.1 Å². The zero-order valence-corrected chi connectivity index (χ0v) is 23.3. The molecule has 0 bridgehead atoms. The number of methoxy groups -OCH3 is 1. The fraction of sp³-hybridized carbons (Fsp3) is 0.276. The normalized spacial score (nSPS) is 11.0. The molecule has 0 saturated heterocycles. The van der Waals surface area contributed by atoms with Gasteiger partial charge in [-0.15, -0.1) is 0 Å². The molecule has 212 valence electrons. The van der Waals surface area contributed by atoms with Gasteiger partial charge in [-0.05, 0) is 63.2 Å². The summed E-state index contributed by atoms with van der Waals surface area (Å²) in [5.74, 6) is 0.476. The number of carbonyl (C=O) groups excluding carboxylic acids is 2. The minimum atomic E-state index is -0.802. The van der Waals surface area contributed by atoms with Gasteiger partial charge in [0.25, 0.3) is 0 Å². The van der Waals surface area contributed by atoms with Gasteiger partial charge in [-0.1, -0.05) is 0 Å². The van der Waals surface area contributed by atoms with E-state index < -0.39 is 23.6 Å². The maximum absolute atomic E-state index is 15.0. The summed E-state index contributed by atoms with van der Waals surface area (Å²) in [6.45, 7) is 5.28. The molecule has 2 heterocycles. The molecule has 4 aromatic rings. The molecule has 0 saturated carbocycles. The molecule has 12 heteroatoms. The van der Waals surface area contributed by atoms with Crippen LogP contribution in [0.5, 0.6) is 11.5 Å². The highest BCUT2D eigenvalue weighted by molar-refractivity contribution is 5.89. The monoisotopic (exact) mass is 560 g/mol. The van der Waals surface area contributed by atoms with Crippen LogP contribution >= 0.6 is 0 Å². The van der Waals surface area contributed by atoms with Crippen LogP contribution in [0, 0.1) is 17.1 Å². The third-order valence-electron chi connectivity index (χ3n) is 5.96. The number of hydrogen-bond acceptors (Lipinski definition) is 8. The van der Waals surface area contributed by atoms with E-state index in [0.717, 1.165) is 0 Å². The average molecular weight is 561 g/mol. The standard InChI is InChI=1S/C29H29FN6O5/c1-29(2,3)41-28(38)36(13-12-35-19(16-31)14-21-24(39-5)11-10-22(30)26(21)35)25-15-23(33-17-34-25)18-6-8-20(9-7-18)40-27(37)32-4/h6-11,14-15,17H,12-13H2,1-5H3,(H,32,37). The molecule has 0 radical (unpaired) electrons. The second-order valence-corrected chi connectivity index (χ2v) is 9.86. The molecule has 4 rings (SSSR count). The fourth-order valence-corrected chi connectivity index (χ4v) is 4.14. The number of nitriles is 1. The molecule has 0 aliphatic carbocycles. The number of fused-ring (bicyclic) bond motifs is 1. The lowest BCUT2D eigenvalue weighted by Gasteiger charge is -2.27. The van der Waals surface area contributed by atoms with Crippen LogP contribution in [-0.2, 0) is 11.3 Å². The van der Waals surface area contributed by atoms with Crippen molar-refractivity contribution in [3.8, 4) is 28.8 Å². The highest BCUT2D eigenvalue weighted by atomic mass is 19.1. The summed E-state index contributed by atoms with van der Waals surface area (Å²) in [7, 11) is 2.93. The third kappa shape index (κ3) is 6.52. The first-order valence-electron chi connectivity index (χ1n) is 12.6. The van der Waals surface area contributed by atoms with Crippen LogP contribution in [0.3, 0.4) is 0 Å². The molecule has 2 aromatic carbocycles. The molecular formula is C29H29FN6O5. The lowest BCUT2D eigenvalue weighted by Crippen LogP contribution is -2.39. The van der Waals surface area contributed by atoms with Gasteiger partial charge in [0, 0.05) is 37.2 Å². The zero-order chi connectivity index (χ0) is 29.7. The van der Waals surface area contributed by atoms with E-state index in [-0.39, 0.29) is 30.1 Å². The minimum Gasteiger partial charge on any atom is -0.496 e. The number of nitrogens with zero attached hydrogens (tertiary/aromatic N) is 5. The Kier molecular flexibility index (Phi) is 8.37. The first-order chi connectivity index (χ1) is 19.5. The summed E-state index contributed by atoms with van der Waals surface area (Å²) in [5.41, 5.74) is 0.764. The second-order valence-electron chi connectivity index (χ2n) is 9.86. The topological polar surface area (TPSA) is 132 Å². The number of ether oxygens (including phenoxy) is 3. The van der Waals surface area contributed by atoms with Crippen LogP contribution in [0.25, 0.3) is 22.2 Å². The van der Waals surface area contributed by atoms with Crippen molar-refractivity contribution in [3.63, 3.8) is 0 Å². The van der Waals surface area contributed by atoms with Gasteiger partial charge in [0.1, 0.15) is 46.8 Å². The van der Waals surface area contributed by atoms with Crippen molar-refractivity contribution < 1.29 is 28.2 Å². The Hall–Kier alpha value is -5.18. The molecule has 0 fully saturated rings. The Bertz CT molecular complexity index is 1620. The van der Waals surface area contributed by atoms with Crippen LogP contribution in [0.15, 0.2) is 54.9 Å². The van der Waals surface area contributed by atoms with Gasteiger partial charge in [-0.2, -0.15) is 5.26 Å². The van der Waals surface area contributed by atoms with Crippen molar-refractivity contribution in [1.82, 2.24) is 19.9 Å². The van der Waals surface area contributed by atoms with Crippen molar-refractivity contribution in [1.29, 1.82) is 5.26 Å².